The van der Waals surface area contributed by atoms with E-state index in [0.29, 0.717) is 12.3 Å². The Bertz CT molecular complexity index is 416. The van der Waals surface area contributed by atoms with Crippen LogP contribution in [0.1, 0.15) is 25.7 Å². The lowest BCUT2D eigenvalue weighted by Gasteiger charge is -2.22. The maximum Gasteiger partial charge on any atom is 0.224 e. The van der Waals surface area contributed by atoms with Crippen LogP contribution in [0.3, 0.4) is 0 Å². The van der Waals surface area contributed by atoms with E-state index in [4.69, 9.17) is 0 Å². The van der Waals surface area contributed by atoms with Crippen molar-refractivity contribution < 1.29 is 4.79 Å². The number of carbonyl (C=O) groups is 1. The van der Waals surface area contributed by atoms with Gasteiger partial charge < -0.3 is 10.6 Å². The highest BCUT2D eigenvalue weighted by Crippen LogP contribution is 2.25. The van der Waals surface area contributed by atoms with Gasteiger partial charge in [0.15, 0.2) is 0 Å². The maximum atomic E-state index is 12.0. The molecule has 1 aromatic rings. The first-order valence-corrected chi connectivity index (χ1v) is 8.15. The fourth-order valence-electron chi connectivity index (χ4n) is 2.47. The van der Waals surface area contributed by atoms with Crippen molar-refractivity contribution in [1.82, 2.24) is 5.32 Å². The summed E-state index contributed by atoms with van der Waals surface area (Å²) in [7, 11) is 0. The molecule has 0 spiro atoms. The predicted molar refractivity (Wildman–Crippen MR) is 81.7 cm³/mol. The summed E-state index contributed by atoms with van der Waals surface area (Å²) in [5.74, 6) is 0.794. The van der Waals surface area contributed by atoms with Crippen LogP contribution in [-0.4, -0.2) is 25.3 Å². The van der Waals surface area contributed by atoms with E-state index in [9.17, 15) is 4.79 Å². The lowest BCUT2D eigenvalue weighted by Crippen LogP contribution is -2.30. The Kier molecular flexibility index (Phi) is 5.73. The van der Waals surface area contributed by atoms with Crippen LogP contribution in [0.5, 0.6) is 0 Å². The van der Waals surface area contributed by atoms with Gasteiger partial charge in [0.05, 0.1) is 5.69 Å². The molecule has 3 nitrogen and oxygen atoms in total. The topological polar surface area (TPSA) is 41.1 Å². The molecule has 4 heteroatoms. The van der Waals surface area contributed by atoms with Crippen molar-refractivity contribution in [2.75, 3.05) is 24.7 Å². The first-order chi connectivity index (χ1) is 9.29. The third-order valence-corrected chi connectivity index (χ3v) is 4.36. The van der Waals surface area contributed by atoms with Gasteiger partial charge in [0, 0.05) is 11.3 Å². The van der Waals surface area contributed by atoms with E-state index in [0.717, 1.165) is 30.1 Å². The summed E-state index contributed by atoms with van der Waals surface area (Å²) in [6.45, 7) is 2.19. The Morgan fingerprint density at radius 2 is 2.32 bits per heavy atom. The van der Waals surface area contributed by atoms with Gasteiger partial charge in [-0.15, -0.1) is 11.8 Å². The lowest BCUT2D eigenvalue weighted by atomic mass is 9.94. The highest BCUT2D eigenvalue weighted by molar-refractivity contribution is 7.98. The molecule has 1 aliphatic heterocycles. The highest BCUT2D eigenvalue weighted by atomic mass is 32.2. The maximum absolute atomic E-state index is 12.0. The number of para-hydroxylation sites is 1. The van der Waals surface area contributed by atoms with Crippen LogP contribution in [0.2, 0.25) is 0 Å². The van der Waals surface area contributed by atoms with Crippen LogP contribution < -0.4 is 10.6 Å². The number of hydrogen-bond acceptors (Lipinski definition) is 3. The Morgan fingerprint density at radius 3 is 3.05 bits per heavy atom. The molecular formula is C15H22N2OS. The van der Waals surface area contributed by atoms with E-state index < -0.39 is 0 Å². The Balaban J connectivity index is 1.80. The molecule has 1 heterocycles. The molecule has 1 aromatic carbocycles. The standard InChI is InChI=1S/C15H22N2OS/c1-19-14-7-3-2-6-13(14)17-15(18)9-8-12-5-4-10-16-11-12/h2-3,6-7,12,16H,4-5,8-11H2,1H3,(H,17,18). The van der Waals surface area contributed by atoms with Gasteiger partial charge in [0.1, 0.15) is 0 Å². The van der Waals surface area contributed by atoms with Gasteiger partial charge in [-0.25, -0.2) is 0 Å². The number of carbonyl (C=O) groups excluding carboxylic acids is 1. The van der Waals surface area contributed by atoms with E-state index in [1.54, 1.807) is 11.8 Å². The zero-order valence-corrected chi connectivity index (χ0v) is 12.3. The van der Waals surface area contributed by atoms with Gasteiger partial charge in [0.2, 0.25) is 5.91 Å². The Labute approximate surface area is 119 Å². The van der Waals surface area contributed by atoms with Gasteiger partial charge in [-0.1, -0.05) is 12.1 Å². The molecule has 0 aliphatic carbocycles. The van der Waals surface area contributed by atoms with Crippen molar-refractivity contribution in [2.45, 2.75) is 30.6 Å². The summed E-state index contributed by atoms with van der Waals surface area (Å²) >= 11 is 1.66. The molecule has 0 bridgehead atoms. The molecule has 2 rings (SSSR count). The number of benzene rings is 1. The van der Waals surface area contributed by atoms with Crippen molar-refractivity contribution in [3.63, 3.8) is 0 Å². The van der Waals surface area contributed by atoms with Gasteiger partial charge in [-0.3, -0.25) is 4.79 Å². The average Bonchev–Trinajstić information content (AvgIpc) is 2.47. The van der Waals surface area contributed by atoms with Gasteiger partial charge >= 0.3 is 0 Å². The van der Waals surface area contributed by atoms with Crippen LogP contribution in [0, 0.1) is 5.92 Å². The van der Waals surface area contributed by atoms with Crippen molar-refractivity contribution >= 4 is 23.4 Å². The molecule has 104 valence electrons. The number of amides is 1. The van der Waals surface area contributed by atoms with Crippen molar-refractivity contribution in [1.29, 1.82) is 0 Å². The van der Waals surface area contributed by atoms with E-state index in [2.05, 4.69) is 10.6 Å². The highest BCUT2D eigenvalue weighted by Gasteiger charge is 2.14. The molecule has 1 fully saturated rings. The van der Waals surface area contributed by atoms with Crippen LogP contribution in [0.4, 0.5) is 5.69 Å². The van der Waals surface area contributed by atoms with E-state index >= 15 is 0 Å². The number of thioether (sulfide) groups is 1. The second-order valence-corrected chi connectivity index (χ2v) is 5.85. The molecule has 1 atom stereocenters. The van der Waals surface area contributed by atoms with E-state index in [1.807, 2.05) is 30.5 Å². The quantitative estimate of drug-likeness (QED) is 0.813. The summed E-state index contributed by atoms with van der Waals surface area (Å²) in [4.78, 5) is 13.1. The number of piperidine rings is 1. The minimum atomic E-state index is 0.132. The molecule has 1 aliphatic rings. The molecule has 1 saturated heterocycles. The van der Waals surface area contributed by atoms with Crippen LogP contribution >= 0.6 is 11.8 Å². The largest absolute Gasteiger partial charge is 0.325 e. The van der Waals surface area contributed by atoms with Crippen LogP contribution in [0.25, 0.3) is 0 Å². The summed E-state index contributed by atoms with van der Waals surface area (Å²) < 4.78 is 0. The van der Waals surface area contributed by atoms with E-state index in [-0.39, 0.29) is 5.91 Å². The molecule has 2 N–H and O–H groups in total. The number of anilines is 1. The zero-order valence-electron chi connectivity index (χ0n) is 11.4. The monoisotopic (exact) mass is 278 g/mol. The minimum absolute atomic E-state index is 0.132. The minimum Gasteiger partial charge on any atom is -0.325 e. The molecule has 0 aromatic heterocycles. The van der Waals surface area contributed by atoms with Gasteiger partial charge in [-0.2, -0.15) is 0 Å². The van der Waals surface area contributed by atoms with Crippen molar-refractivity contribution in [2.24, 2.45) is 5.92 Å². The fourth-order valence-corrected chi connectivity index (χ4v) is 3.02. The van der Waals surface area contributed by atoms with Crippen molar-refractivity contribution in [3.05, 3.63) is 24.3 Å². The molecular weight excluding hydrogens is 256 g/mol. The first-order valence-electron chi connectivity index (χ1n) is 6.93. The van der Waals surface area contributed by atoms with Crippen LogP contribution in [0.15, 0.2) is 29.2 Å². The zero-order chi connectivity index (χ0) is 13.5. The second-order valence-electron chi connectivity index (χ2n) is 5.00. The smallest absolute Gasteiger partial charge is 0.224 e. The van der Waals surface area contributed by atoms with Gasteiger partial charge in [-0.05, 0) is 56.7 Å². The SMILES string of the molecule is CSc1ccccc1NC(=O)CCC1CCCNC1. The van der Waals surface area contributed by atoms with Crippen molar-refractivity contribution in [3.8, 4) is 0 Å². The molecule has 19 heavy (non-hydrogen) atoms. The van der Waals surface area contributed by atoms with Gasteiger partial charge in [0.25, 0.3) is 0 Å². The van der Waals surface area contributed by atoms with Crippen LogP contribution in [-0.2, 0) is 4.79 Å². The third-order valence-electron chi connectivity index (χ3n) is 3.56. The number of nitrogens with one attached hydrogen (secondary N) is 2. The average molecular weight is 278 g/mol. The third kappa shape index (κ3) is 4.55. The van der Waals surface area contributed by atoms with E-state index in [1.165, 1.54) is 12.8 Å². The Morgan fingerprint density at radius 1 is 1.47 bits per heavy atom. The lowest BCUT2D eigenvalue weighted by molar-refractivity contribution is -0.116. The summed E-state index contributed by atoms with van der Waals surface area (Å²) in [6.07, 6.45) is 6.12. The summed E-state index contributed by atoms with van der Waals surface area (Å²) in [5, 5.41) is 6.41. The molecule has 1 unspecified atom stereocenters. The summed E-state index contributed by atoms with van der Waals surface area (Å²) in [5.41, 5.74) is 0.932. The normalized spacial score (nSPS) is 19.1. The molecule has 0 saturated carbocycles. The molecule has 0 radical (unpaired) electrons. The number of rotatable bonds is 5. The predicted octanol–water partition coefficient (Wildman–Crippen LogP) is 3.13. The Hall–Kier alpha value is -1.00. The first kappa shape index (κ1) is 14.4. The molecule has 1 amide bonds. The second kappa shape index (κ2) is 7.56. The summed E-state index contributed by atoms with van der Waals surface area (Å²) in [6, 6.07) is 7.95. The fraction of sp³-hybridized carbons (Fsp3) is 0.533. The number of hydrogen-bond donors (Lipinski definition) is 2.